The Morgan fingerprint density at radius 2 is 1.84 bits per heavy atom. The first-order valence-corrected chi connectivity index (χ1v) is 10.3. The third kappa shape index (κ3) is 4.23. The molecule has 1 saturated heterocycles. The summed E-state index contributed by atoms with van der Waals surface area (Å²) in [4.78, 5) is 32.9. The van der Waals surface area contributed by atoms with Gasteiger partial charge in [-0.1, -0.05) is 18.2 Å². The SMILES string of the molecule is COCC(=O)N1CC2=C(C1)C(C(=O)N1CCC(c3ccccc3C(F)(F)F)CC1)=NC2. The number of rotatable bonds is 4. The Kier molecular flexibility index (Phi) is 5.88. The number of aliphatic imine (C=N–C) groups is 1. The molecule has 6 nitrogen and oxygen atoms in total. The molecule has 3 heterocycles. The van der Waals surface area contributed by atoms with Gasteiger partial charge in [-0.2, -0.15) is 13.2 Å². The number of carbonyl (C=O) groups excluding carboxylic acids is 2. The first-order chi connectivity index (χ1) is 14.8. The van der Waals surface area contributed by atoms with Gasteiger partial charge in [0.1, 0.15) is 12.3 Å². The Balaban J connectivity index is 1.40. The van der Waals surface area contributed by atoms with E-state index in [9.17, 15) is 22.8 Å². The van der Waals surface area contributed by atoms with Crippen LogP contribution in [0.5, 0.6) is 0 Å². The summed E-state index contributed by atoms with van der Waals surface area (Å²) in [5, 5.41) is 0. The van der Waals surface area contributed by atoms with Crippen LogP contribution in [0.2, 0.25) is 0 Å². The zero-order valence-electron chi connectivity index (χ0n) is 17.2. The van der Waals surface area contributed by atoms with Crippen molar-refractivity contribution in [1.29, 1.82) is 0 Å². The van der Waals surface area contributed by atoms with Gasteiger partial charge in [-0.25, -0.2) is 0 Å². The third-order valence-electron chi connectivity index (χ3n) is 6.18. The molecule has 4 rings (SSSR count). The number of amides is 2. The predicted octanol–water partition coefficient (Wildman–Crippen LogP) is 2.65. The van der Waals surface area contributed by atoms with E-state index in [-0.39, 0.29) is 24.3 Å². The van der Waals surface area contributed by atoms with Gasteiger partial charge in [0.05, 0.1) is 12.1 Å². The van der Waals surface area contributed by atoms with Gasteiger partial charge in [0.25, 0.3) is 5.91 Å². The highest BCUT2D eigenvalue weighted by Gasteiger charge is 2.38. The van der Waals surface area contributed by atoms with Crippen molar-refractivity contribution in [3.63, 3.8) is 0 Å². The van der Waals surface area contributed by atoms with Crippen LogP contribution in [0.25, 0.3) is 0 Å². The van der Waals surface area contributed by atoms with Crippen molar-refractivity contribution in [3.8, 4) is 0 Å². The van der Waals surface area contributed by atoms with Gasteiger partial charge < -0.3 is 14.5 Å². The van der Waals surface area contributed by atoms with E-state index in [2.05, 4.69) is 4.99 Å². The number of benzene rings is 1. The highest BCUT2D eigenvalue weighted by molar-refractivity contribution is 6.46. The van der Waals surface area contributed by atoms with Gasteiger partial charge in [0, 0.05) is 38.9 Å². The van der Waals surface area contributed by atoms with Crippen molar-refractivity contribution in [3.05, 3.63) is 46.5 Å². The maximum atomic E-state index is 13.4. The molecule has 166 valence electrons. The van der Waals surface area contributed by atoms with Gasteiger partial charge in [0.15, 0.2) is 0 Å². The molecule has 1 fully saturated rings. The lowest BCUT2D eigenvalue weighted by molar-refractivity contribution is -0.138. The fraction of sp³-hybridized carbons (Fsp3) is 0.500. The predicted molar refractivity (Wildman–Crippen MR) is 108 cm³/mol. The zero-order chi connectivity index (χ0) is 22.2. The molecule has 1 aromatic rings. The van der Waals surface area contributed by atoms with E-state index >= 15 is 0 Å². The molecule has 0 unspecified atom stereocenters. The van der Waals surface area contributed by atoms with Crippen molar-refractivity contribution < 1.29 is 27.5 Å². The molecule has 0 radical (unpaired) electrons. The third-order valence-corrected chi connectivity index (χ3v) is 6.18. The van der Waals surface area contributed by atoms with E-state index in [1.807, 2.05) is 0 Å². The number of hydrogen-bond donors (Lipinski definition) is 0. The molecule has 0 saturated carbocycles. The van der Waals surface area contributed by atoms with Gasteiger partial charge in [0.2, 0.25) is 5.91 Å². The minimum absolute atomic E-state index is 0.00606. The number of carbonyl (C=O) groups is 2. The molecule has 9 heteroatoms. The molecule has 1 aromatic carbocycles. The van der Waals surface area contributed by atoms with Crippen LogP contribution >= 0.6 is 0 Å². The Morgan fingerprint density at radius 3 is 2.52 bits per heavy atom. The summed E-state index contributed by atoms with van der Waals surface area (Å²) in [6.45, 7) is 1.95. The van der Waals surface area contributed by atoms with Crippen molar-refractivity contribution in [1.82, 2.24) is 9.80 Å². The van der Waals surface area contributed by atoms with Gasteiger partial charge >= 0.3 is 6.18 Å². The van der Waals surface area contributed by atoms with Crippen LogP contribution in [0.4, 0.5) is 13.2 Å². The van der Waals surface area contributed by atoms with Crippen LogP contribution in [0.15, 0.2) is 40.4 Å². The first-order valence-electron chi connectivity index (χ1n) is 10.3. The average molecular weight is 435 g/mol. The summed E-state index contributed by atoms with van der Waals surface area (Å²) in [6, 6.07) is 5.68. The molecule has 0 aromatic heterocycles. The largest absolute Gasteiger partial charge is 0.416 e. The van der Waals surface area contributed by atoms with Crippen LogP contribution < -0.4 is 0 Å². The van der Waals surface area contributed by atoms with Gasteiger partial charge in [-0.05, 0) is 36.0 Å². The van der Waals surface area contributed by atoms with Crippen molar-refractivity contribution in [2.45, 2.75) is 24.9 Å². The van der Waals surface area contributed by atoms with E-state index in [1.54, 1.807) is 15.9 Å². The second kappa shape index (κ2) is 8.45. The quantitative estimate of drug-likeness (QED) is 0.731. The van der Waals surface area contributed by atoms with Crippen LogP contribution in [0, 0.1) is 0 Å². The Bertz CT molecular complexity index is 947. The number of alkyl halides is 3. The van der Waals surface area contributed by atoms with Crippen LogP contribution in [-0.4, -0.2) is 73.8 Å². The second-order valence-electron chi connectivity index (χ2n) is 8.08. The van der Waals surface area contributed by atoms with E-state index in [0.717, 1.165) is 17.2 Å². The van der Waals surface area contributed by atoms with Crippen LogP contribution in [0.1, 0.15) is 29.9 Å². The molecular weight excluding hydrogens is 411 g/mol. The van der Waals surface area contributed by atoms with Gasteiger partial charge in [-0.15, -0.1) is 0 Å². The first kappa shape index (κ1) is 21.5. The lowest BCUT2D eigenvalue weighted by Crippen LogP contribution is -2.43. The average Bonchev–Trinajstić information content (AvgIpc) is 3.34. The van der Waals surface area contributed by atoms with E-state index in [4.69, 9.17) is 4.74 Å². The molecule has 0 aliphatic carbocycles. The zero-order valence-corrected chi connectivity index (χ0v) is 17.2. The van der Waals surface area contributed by atoms with E-state index in [0.29, 0.717) is 56.8 Å². The number of methoxy groups -OCH3 is 1. The van der Waals surface area contributed by atoms with E-state index in [1.165, 1.54) is 19.2 Å². The van der Waals surface area contributed by atoms with Crippen molar-refractivity contribution >= 4 is 17.5 Å². The highest BCUT2D eigenvalue weighted by Crippen LogP contribution is 2.38. The number of hydrogen-bond acceptors (Lipinski definition) is 4. The van der Waals surface area contributed by atoms with Crippen molar-refractivity contribution in [2.24, 2.45) is 4.99 Å². The van der Waals surface area contributed by atoms with Gasteiger partial charge in [-0.3, -0.25) is 14.6 Å². The van der Waals surface area contributed by atoms with Crippen LogP contribution in [0.3, 0.4) is 0 Å². The number of likely N-dealkylation sites (tertiary alicyclic amines) is 1. The molecule has 0 spiro atoms. The smallest absolute Gasteiger partial charge is 0.375 e. The summed E-state index contributed by atoms with van der Waals surface area (Å²) in [5.41, 5.74) is 1.87. The normalized spacial score (nSPS) is 19.7. The molecular formula is C22H24F3N3O3. The monoisotopic (exact) mass is 435 g/mol. The Morgan fingerprint density at radius 1 is 1.13 bits per heavy atom. The lowest BCUT2D eigenvalue weighted by Gasteiger charge is -2.33. The highest BCUT2D eigenvalue weighted by atomic mass is 19.4. The molecule has 0 bridgehead atoms. The molecule has 0 N–H and O–H groups in total. The molecule has 3 aliphatic heterocycles. The van der Waals surface area contributed by atoms with Crippen LogP contribution in [-0.2, 0) is 20.5 Å². The molecule has 3 aliphatic rings. The number of ether oxygens (including phenoxy) is 1. The summed E-state index contributed by atoms with van der Waals surface area (Å²) >= 11 is 0. The minimum atomic E-state index is -4.39. The second-order valence-corrected chi connectivity index (χ2v) is 8.08. The summed E-state index contributed by atoms with van der Waals surface area (Å²) in [5.74, 6) is -0.572. The molecule has 31 heavy (non-hydrogen) atoms. The topological polar surface area (TPSA) is 62.2 Å². The fourth-order valence-electron chi connectivity index (χ4n) is 4.58. The maximum Gasteiger partial charge on any atom is 0.416 e. The number of halogens is 3. The standard InChI is InChI=1S/C22H24F3N3O3/c1-31-13-19(29)28-11-15-10-26-20(17(15)12-28)21(30)27-8-6-14(7-9-27)16-4-2-3-5-18(16)22(23,24)25/h2-5,14H,6-13H2,1H3. The Labute approximate surface area is 178 Å². The lowest BCUT2D eigenvalue weighted by atomic mass is 9.86. The number of piperidine rings is 1. The molecule has 2 amide bonds. The maximum absolute atomic E-state index is 13.4. The number of nitrogens with zero attached hydrogens (tertiary/aromatic N) is 3. The minimum Gasteiger partial charge on any atom is -0.375 e. The fourth-order valence-corrected chi connectivity index (χ4v) is 4.58. The van der Waals surface area contributed by atoms with E-state index < -0.39 is 11.7 Å². The summed E-state index contributed by atoms with van der Waals surface area (Å²) < 4.78 is 45.0. The summed E-state index contributed by atoms with van der Waals surface area (Å²) in [7, 11) is 1.46. The summed E-state index contributed by atoms with van der Waals surface area (Å²) in [6.07, 6.45) is -3.45. The van der Waals surface area contributed by atoms with Crippen molar-refractivity contribution in [2.75, 3.05) is 46.4 Å². The molecule has 0 atom stereocenters. The Hall–Kier alpha value is -2.68.